The van der Waals surface area contributed by atoms with E-state index in [1.807, 2.05) is 25.1 Å². The number of halogens is 1. The third kappa shape index (κ3) is 4.55. The number of rotatable bonds is 6. The molecular formula is C35H27ClN2O5. The second kappa shape index (κ2) is 10.3. The molecule has 8 heteroatoms. The van der Waals surface area contributed by atoms with Crippen molar-refractivity contribution >= 4 is 51.8 Å². The van der Waals surface area contributed by atoms with Gasteiger partial charge in [-0.1, -0.05) is 47.5 Å². The fourth-order valence-electron chi connectivity index (χ4n) is 6.72. The first-order chi connectivity index (χ1) is 20.7. The molecule has 1 saturated heterocycles. The van der Waals surface area contributed by atoms with Gasteiger partial charge in [0.2, 0.25) is 17.6 Å². The highest BCUT2D eigenvalue weighted by Gasteiger charge is 2.59. The van der Waals surface area contributed by atoms with Gasteiger partial charge in [-0.05, 0) is 86.7 Å². The lowest BCUT2D eigenvalue weighted by atomic mass is 9.85. The van der Waals surface area contributed by atoms with Crippen molar-refractivity contribution in [1.82, 2.24) is 4.98 Å². The van der Waals surface area contributed by atoms with E-state index in [0.29, 0.717) is 38.4 Å². The maximum Gasteiger partial charge on any atom is 0.339 e. The Hall–Kier alpha value is -4.62. The van der Waals surface area contributed by atoms with Crippen LogP contribution in [0.25, 0.3) is 22.2 Å². The molecule has 2 amide bonds. The van der Waals surface area contributed by atoms with Crippen molar-refractivity contribution in [3.8, 4) is 11.3 Å². The van der Waals surface area contributed by atoms with Gasteiger partial charge in [0.05, 0.1) is 34.3 Å². The molecular weight excluding hydrogens is 564 g/mol. The van der Waals surface area contributed by atoms with Gasteiger partial charge in [0.1, 0.15) is 0 Å². The highest BCUT2D eigenvalue weighted by atomic mass is 35.5. The molecule has 43 heavy (non-hydrogen) atoms. The summed E-state index contributed by atoms with van der Waals surface area (Å²) in [5.41, 5.74) is 3.96. The first kappa shape index (κ1) is 27.2. The number of carbonyl (C=O) groups excluding carboxylic acids is 4. The molecule has 2 heterocycles. The van der Waals surface area contributed by atoms with Crippen molar-refractivity contribution in [3.05, 3.63) is 107 Å². The van der Waals surface area contributed by atoms with Crippen LogP contribution in [0.1, 0.15) is 39.6 Å². The Balaban J connectivity index is 1.18. The molecule has 3 aliphatic rings. The first-order valence-electron chi connectivity index (χ1n) is 14.3. The van der Waals surface area contributed by atoms with Gasteiger partial charge in [0, 0.05) is 21.5 Å². The fraction of sp³-hybridized carbons (Fsp3) is 0.229. The number of Topliss-reactive ketones (excluding diaryl/α,β-unsaturated/α-hetero) is 1. The first-order valence-corrected chi connectivity index (χ1v) is 14.7. The zero-order valence-corrected chi connectivity index (χ0v) is 24.2. The number of imide groups is 1. The van der Waals surface area contributed by atoms with E-state index in [-0.39, 0.29) is 46.8 Å². The van der Waals surface area contributed by atoms with Gasteiger partial charge in [-0.3, -0.25) is 19.3 Å². The van der Waals surface area contributed by atoms with Gasteiger partial charge in [-0.25, -0.2) is 9.78 Å². The third-order valence-electron chi connectivity index (χ3n) is 8.86. The highest BCUT2D eigenvalue weighted by Crippen LogP contribution is 2.53. The number of pyridine rings is 1. The molecule has 214 valence electrons. The second-order valence-electron chi connectivity index (χ2n) is 11.6. The lowest BCUT2D eigenvalue weighted by molar-refractivity contribution is -0.123. The molecule has 4 aromatic rings. The van der Waals surface area contributed by atoms with Crippen LogP contribution in [0, 0.1) is 30.6 Å². The SMILES string of the molecule is Cc1ccc2nc(-c3ccc(N4C(=O)[C@@H]5[C@H](C4=O)[C@H]4C=C[C@H]5C4)cc3)cc(C(=O)O[C@H](C)C(=O)c3ccc(Cl)cc3)c2c1. The van der Waals surface area contributed by atoms with Gasteiger partial charge >= 0.3 is 5.97 Å². The van der Waals surface area contributed by atoms with Gasteiger partial charge in [-0.15, -0.1) is 0 Å². The number of amides is 2. The summed E-state index contributed by atoms with van der Waals surface area (Å²) in [7, 11) is 0. The van der Waals surface area contributed by atoms with Crippen molar-refractivity contribution in [1.29, 1.82) is 0 Å². The Morgan fingerprint density at radius 1 is 0.907 bits per heavy atom. The molecule has 1 saturated carbocycles. The summed E-state index contributed by atoms with van der Waals surface area (Å²) < 4.78 is 5.65. The standard InChI is InChI=1S/C35H27ClN2O5/c1-18-3-14-28-26(15-18)27(35(42)43-19(2)32(39)21-6-10-24(36)11-7-21)17-29(37-28)20-8-12-25(13-9-20)38-33(40)30-22-4-5-23(16-22)31(30)34(38)41/h3-15,17,19,22-23,30-31H,16H2,1-2H3/t19-,22+,23+,30-,31+/m1/s1. The normalized spacial score (nSPS) is 22.7. The number of fused-ring (bicyclic) bond motifs is 6. The number of ether oxygens (including phenoxy) is 1. The lowest BCUT2D eigenvalue weighted by Gasteiger charge is -2.18. The average Bonchev–Trinajstić information content (AvgIpc) is 3.70. The molecule has 2 fully saturated rings. The van der Waals surface area contributed by atoms with Crippen LogP contribution in [-0.4, -0.2) is 34.7 Å². The van der Waals surface area contributed by atoms with Crippen molar-refractivity contribution in [3.63, 3.8) is 0 Å². The Morgan fingerprint density at radius 2 is 1.56 bits per heavy atom. The predicted octanol–water partition coefficient (Wildman–Crippen LogP) is 6.60. The van der Waals surface area contributed by atoms with E-state index in [9.17, 15) is 19.2 Å². The van der Waals surface area contributed by atoms with E-state index in [2.05, 4.69) is 12.2 Å². The van der Waals surface area contributed by atoms with E-state index >= 15 is 0 Å². The van der Waals surface area contributed by atoms with E-state index in [4.69, 9.17) is 21.3 Å². The summed E-state index contributed by atoms with van der Waals surface area (Å²) >= 11 is 5.94. The molecule has 3 aromatic carbocycles. The summed E-state index contributed by atoms with van der Waals surface area (Å²) in [6.45, 7) is 3.46. The molecule has 1 aliphatic heterocycles. The van der Waals surface area contributed by atoms with Crippen molar-refractivity contribution in [2.45, 2.75) is 26.4 Å². The molecule has 7 rings (SSSR count). The number of nitrogens with zero attached hydrogens (tertiary/aromatic N) is 2. The van der Waals surface area contributed by atoms with E-state index < -0.39 is 12.1 Å². The summed E-state index contributed by atoms with van der Waals surface area (Å²) in [6.07, 6.45) is 4.01. The predicted molar refractivity (Wildman–Crippen MR) is 163 cm³/mol. The monoisotopic (exact) mass is 590 g/mol. The Labute approximate surface area is 253 Å². The van der Waals surface area contributed by atoms with E-state index in [0.717, 1.165) is 12.0 Å². The number of aromatic nitrogens is 1. The molecule has 2 aliphatic carbocycles. The van der Waals surface area contributed by atoms with E-state index in [1.54, 1.807) is 61.5 Å². The number of aryl methyl sites for hydroxylation is 1. The third-order valence-corrected chi connectivity index (χ3v) is 9.11. The number of carbonyl (C=O) groups is 4. The number of hydrogen-bond acceptors (Lipinski definition) is 6. The maximum absolute atomic E-state index is 13.5. The minimum absolute atomic E-state index is 0.133. The van der Waals surface area contributed by atoms with Crippen LogP contribution in [0.5, 0.6) is 0 Å². The minimum atomic E-state index is -1.02. The minimum Gasteiger partial charge on any atom is -0.451 e. The van der Waals surface area contributed by atoms with E-state index in [1.165, 1.54) is 4.90 Å². The molecule has 2 bridgehead atoms. The van der Waals surface area contributed by atoms with Crippen molar-refractivity contribution < 1.29 is 23.9 Å². The van der Waals surface area contributed by atoms with Gasteiger partial charge < -0.3 is 4.74 Å². The summed E-state index contributed by atoms with van der Waals surface area (Å²) in [6, 6.07) is 20.8. The summed E-state index contributed by atoms with van der Waals surface area (Å²) in [4.78, 5) is 59.1. The number of benzene rings is 3. The van der Waals surface area contributed by atoms with Gasteiger partial charge in [0.25, 0.3) is 0 Å². The molecule has 0 radical (unpaired) electrons. The van der Waals surface area contributed by atoms with Crippen LogP contribution < -0.4 is 4.90 Å². The second-order valence-corrected chi connectivity index (χ2v) is 12.0. The number of anilines is 1. The summed E-state index contributed by atoms with van der Waals surface area (Å²) in [5, 5.41) is 1.12. The summed E-state index contributed by atoms with van der Waals surface area (Å²) in [5.74, 6) is -1.50. The Kier molecular flexibility index (Phi) is 6.51. The largest absolute Gasteiger partial charge is 0.451 e. The van der Waals surface area contributed by atoms with Crippen LogP contribution in [0.3, 0.4) is 0 Å². The van der Waals surface area contributed by atoms with Crippen LogP contribution in [0.4, 0.5) is 5.69 Å². The number of esters is 1. The average molecular weight is 591 g/mol. The fourth-order valence-corrected chi connectivity index (χ4v) is 6.85. The van der Waals surface area contributed by atoms with Crippen LogP contribution >= 0.6 is 11.6 Å². The zero-order chi connectivity index (χ0) is 30.0. The number of allylic oxidation sites excluding steroid dienone is 2. The highest BCUT2D eigenvalue weighted by molar-refractivity contribution is 6.30. The molecule has 7 nitrogen and oxygen atoms in total. The van der Waals surface area contributed by atoms with Crippen LogP contribution in [-0.2, 0) is 14.3 Å². The Morgan fingerprint density at radius 3 is 2.21 bits per heavy atom. The topological polar surface area (TPSA) is 93.6 Å². The number of hydrogen-bond donors (Lipinski definition) is 0. The zero-order valence-electron chi connectivity index (χ0n) is 23.5. The molecule has 1 aromatic heterocycles. The number of ketones is 1. The lowest BCUT2D eigenvalue weighted by Crippen LogP contribution is -2.32. The van der Waals surface area contributed by atoms with Gasteiger partial charge in [-0.2, -0.15) is 0 Å². The molecule has 0 N–H and O–H groups in total. The molecule has 0 unspecified atom stereocenters. The Bertz CT molecular complexity index is 1830. The smallest absolute Gasteiger partial charge is 0.339 e. The maximum atomic E-state index is 13.5. The molecule has 0 spiro atoms. The van der Waals surface area contributed by atoms with Crippen molar-refractivity contribution in [2.75, 3.05) is 4.90 Å². The van der Waals surface area contributed by atoms with Crippen LogP contribution in [0.15, 0.2) is 84.9 Å². The van der Waals surface area contributed by atoms with Gasteiger partial charge in [0.15, 0.2) is 6.10 Å². The molecule has 5 atom stereocenters. The quantitative estimate of drug-likeness (QED) is 0.109. The van der Waals surface area contributed by atoms with Crippen molar-refractivity contribution in [2.24, 2.45) is 23.7 Å². The van der Waals surface area contributed by atoms with Crippen LogP contribution in [0.2, 0.25) is 5.02 Å².